The van der Waals surface area contributed by atoms with E-state index in [1.807, 2.05) is 0 Å². The van der Waals surface area contributed by atoms with E-state index in [0.29, 0.717) is 23.8 Å². The third kappa shape index (κ3) is 3.95. The highest BCUT2D eigenvalue weighted by Crippen LogP contribution is 2.16. The molecule has 24 heavy (non-hydrogen) atoms. The Morgan fingerprint density at radius 2 is 1.92 bits per heavy atom. The van der Waals surface area contributed by atoms with Crippen LogP contribution in [0.3, 0.4) is 0 Å². The van der Waals surface area contributed by atoms with Gasteiger partial charge in [0.05, 0.1) is 7.11 Å². The molecular formula is C17H16N4O3. The quantitative estimate of drug-likeness (QED) is 0.750. The van der Waals surface area contributed by atoms with Gasteiger partial charge in [0.15, 0.2) is 0 Å². The maximum absolute atomic E-state index is 12.0. The second-order valence-electron chi connectivity index (χ2n) is 5.02. The summed E-state index contributed by atoms with van der Waals surface area (Å²) in [6.07, 6.45) is 3.95. The summed E-state index contributed by atoms with van der Waals surface area (Å²) in [4.78, 5) is 20.2. The van der Waals surface area contributed by atoms with Gasteiger partial charge in [0.1, 0.15) is 5.75 Å². The lowest BCUT2D eigenvalue weighted by atomic mass is 10.2. The van der Waals surface area contributed by atoms with Gasteiger partial charge in [0, 0.05) is 36.5 Å². The van der Waals surface area contributed by atoms with E-state index in [1.165, 1.54) is 0 Å². The van der Waals surface area contributed by atoms with E-state index in [1.54, 1.807) is 55.9 Å². The number of hydrogen-bond acceptors (Lipinski definition) is 6. The normalized spacial score (nSPS) is 10.4. The predicted molar refractivity (Wildman–Crippen MR) is 87.5 cm³/mol. The van der Waals surface area contributed by atoms with Crippen LogP contribution >= 0.6 is 0 Å². The number of methoxy groups -OCH3 is 1. The summed E-state index contributed by atoms with van der Waals surface area (Å²) in [6, 6.07) is 10.7. The first-order valence-electron chi connectivity index (χ1n) is 7.41. The van der Waals surface area contributed by atoms with Crippen LogP contribution in [0.25, 0.3) is 11.4 Å². The molecule has 0 aliphatic heterocycles. The molecule has 3 rings (SSSR count). The first-order chi connectivity index (χ1) is 11.7. The first-order valence-corrected chi connectivity index (χ1v) is 7.41. The molecule has 2 heterocycles. The summed E-state index contributed by atoms with van der Waals surface area (Å²) in [7, 11) is 1.60. The van der Waals surface area contributed by atoms with Crippen LogP contribution in [0, 0.1) is 0 Å². The van der Waals surface area contributed by atoms with Gasteiger partial charge in [0.25, 0.3) is 0 Å². The van der Waals surface area contributed by atoms with Crippen LogP contribution in [0.4, 0.5) is 5.69 Å². The van der Waals surface area contributed by atoms with Crippen LogP contribution in [-0.2, 0) is 11.2 Å². The maximum Gasteiger partial charge on any atom is 0.227 e. The lowest BCUT2D eigenvalue weighted by Gasteiger charge is -2.05. The fourth-order valence-corrected chi connectivity index (χ4v) is 2.09. The van der Waals surface area contributed by atoms with Crippen LogP contribution < -0.4 is 10.1 Å². The van der Waals surface area contributed by atoms with Crippen LogP contribution in [0.15, 0.2) is 53.3 Å². The topological polar surface area (TPSA) is 90.1 Å². The highest BCUT2D eigenvalue weighted by molar-refractivity contribution is 5.90. The van der Waals surface area contributed by atoms with Crippen molar-refractivity contribution < 1.29 is 14.1 Å². The lowest BCUT2D eigenvalue weighted by molar-refractivity contribution is -0.116. The number of amides is 1. The van der Waals surface area contributed by atoms with E-state index in [4.69, 9.17) is 9.26 Å². The van der Waals surface area contributed by atoms with E-state index in [0.717, 1.165) is 11.3 Å². The molecule has 0 saturated heterocycles. The minimum Gasteiger partial charge on any atom is -0.497 e. The van der Waals surface area contributed by atoms with E-state index in [-0.39, 0.29) is 12.3 Å². The number of carbonyl (C=O) groups is 1. The number of benzene rings is 1. The van der Waals surface area contributed by atoms with E-state index >= 15 is 0 Å². The molecule has 0 unspecified atom stereocenters. The predicted octanol–water partition coefficient (Wildman–Crippen LogP) is 2.71. The molecule has 0 radical (unpaired) electrons. The van der Waals surface area contributed by atoms with Gasteiger partial charge >= 0.3 is 0 Å². The Morgan fingerprint density at radius 1 is 1.17 bits per heavy atom. The Bertz CT molecular complexity index is 800. The average Bonchev–Trinajstić information content (AvgIpc) is 3.10. The van der Waals surface area contributed by atoms with Crippen molar-refractivity contribution in [2.75, 3.05) is 12.4 Å². The number of aromatic nitrogens is 3. The monoisotopic (exact) mass is 324 g/mol. The van der Waals surface area contributed by atoms with Gasteiger partial charge in [-0.3, -0.25) is 9.78 Å². The minimum atomic E-state index is -0.121. The number of ether oxygens (including phenoxy) is 1. The highest BCUT2D eigenvalue weighted by atomic mass is 16.5. The summed E-state index contributed by atoms with van der Waals surface area (Å²) in [5, 5.41) is 6.72. The van der Waals surface area contributed by atoms with Gasteiger partial charge in [-0.15, -0.1) is 0 Å². The zero-order valence-electron chi connectivity index (χ0n) is 13.1. The number of nitrogens with zero attached hydrogens (tertiary/aromatic N) is 3. The van der Waals surface area contributed by atoms with Crippen LogP contribution in [0.5, 0.6) is 5.75 Å². The molecule has 0 aliphatic carbocycles. The number of aryl methyl sites for hydroxylation is 1. The SMILES string of the molecule is COc1ccc(NC(=O)CCc2nc(-c3ccncc3)no2)cc1. The van der Waals surface area contributed by atoms with Gasteiger partial charge in [0.2, 0.25) is 17.6 Å². The van der Waals surface area contributed by atoms with Gasteiger partial charge in [-0.05, 0) is 36.4 Å². The fraction of sp³-hybridized carbons (Fsp3) is 0.176. The van der Waals surface area contributed by atoms with Crippen LogP contribution in [0.2, 0.25) is 0 Å². The van der Waals surface area contributed by atoms with Crippen molar-refractivity contribution in [3.05, 3.63) is 54.7 Å². The molecule has 122 valence electrons. The molecule has 7 nitrogen and oxygen atoms in total. The maximum atomic E-state index is 12.0. The largest absolute Gasteiger partial charge is 0.497 e. The van der Waals surface area contributed by atoms with Gasteiger partial charge < -0.3 is 14.6 Å². The summed E-state index contributed by atoms with van der Waals surface area (Å²) >= 11 is 0. The zero-order valence-corrected chi connectivity index (χ0v) is 13.1. The van der Waals surface area contributed by atoms with Crippen molar-refractivity contribution in [1.29, 1.82) is 0 Å². The molecule has 0 aliphatic rings. The fourth-order valence-electron chi connectivity index (χ4n) is 2.09. The number of carbonyl (C=O) groups excluding carboxylic acids is 1. The van der Waals surface area contributed by atoms with Crippen LogP contribution in [0.1, 0.15) is 12.3 Å². The molecule has 1 aromatic carbocycles. The lowest BCUT2D eigenvalue weighted by Crippen LogP contribution is -2.12. The van der Waals surface area contributed by atoms with E-state index in [9.17, 15) is 4.79 Å². The van der Waals surface area contributed by atoms with Gasteiger partial charge in [-0.2, -0.15) is 4.98 Å². The third-order valence-electron chi connectivity index (χ3n) is 3.35. The molecule has 0 saturated carbocycles. The van der Waals surface area contributed by atoms with Crippen molar-refractivity contribution in [2.45, 2.75) is 12.8 Å². The number of rotatable bonds is 6. The molecule has 2 aromatic heterocycles. The van der Waals surface area contributed by atoms with Crippen LogP contribution in [-0.4, -0.2) is 28.1 Å². The molecule has 1 amide bonds. The third-order valence-corrected chi connectivity index (χ3v) is 3.35. The summed E-state index contributed by atoms with van der Waals surface area (Å²) < 4.78 is 10.2. The first kappa shape index (κ1) is 15.7. The Kier molecular flexibility index (Phi) is 4.81. The highest BCUT2D eigenvalue weighted by Gasteiger charge is 2.10. The summed E-state index contributed by atoms with van der Waals surface area (Å²) in [5.74, 6) is 1.53. The Balaban J connectivity index is 1.53. The van der Waals surface area contributed by atoms with Gasteiger partial charge in [-0.1, -0.05) is 5.16 Å². The van der Waals surface area contributed by atoms with Crippen molar-refractivity contribution in [2.24, 2.45) is 0 Å². The number of pyridine rings is 1. The minimum absolute atomic E-state index is 0.121. The van der Waals surface area contributed by atoms with Gasteiger partial charge in [-0.25, -0.2) is 0 Å². The summed E-state index contributed by atoms with van der Waals surface area (Å²) in [5.41, 5.74) is 1.53. The number of nitrogens with one attached hydrogen (secondary N) is 1. The van der Waals surface area contributed by atoms with Crippen molar-refractivity contribution in [1.82, 2.24) is 15.1 Å². The van der Waals surface area contributed by atoms with Crippen molar-refractivity contribution >= 4 is 11.6 Å². The average molecular weight is 324 g/mol. The Labute approximate surface area is 138 Å². The number of anilines is 1. The van der Waals surface area contributed by atoms with E-state index in [2.05, 4.69) is 20.4 Å². The molecule has 7 heteroatoms. The summed E-state index contributed by atoms with van der Waals surface area (Å²) in [6.45, 7) is 0. The second-order valence-corrected chi connectivity index (χ2v) is 5.02. The number of hydrogen-bond donors (Lipinski definition) is 1. The molecular weight excluding hydrogens is 308 g/mol. The standard InChI is InChI=1S/C17H16N4O3/c1-23-14-4-2-13(3-5-14)19-15(22)6-7-16-20-17(21-24-16)12-8-10-18-11-9-12/h2-5,8-11H,6-7H2,1H3,(H,19,22). The Hall–Kier alpha value is -3.22. The molecule has 1 N–H and O–H groups in total. The molecule has 0 bridgehead atoms. The molecule has 3 aromatic rings. The molecule has 0 spiro atoms. The molecule has 0 fully saturated rings. The Morgan fingerprint density at radius 3 is 2.62 bits per heavy atom. The molecule has 0 atom stereocenters. The smallest absolute Gasteiger partial charge is 0.227 e. The van der Waals surface area contributed by atoms with Crippen molar-refractivity contribution in [3.8, 4) is 17.1 Å². The zero-order chi connectivity index (χ0) is 16.8. The van der Waals surface area contributed by atoms with Crippen molar-refractivity contribution in [3.63, 3.8) is 0 Å². The second kappa shape index (κ2) is 7.36. The van der Waals surface area contributed by atoms with E-state index < -0.39 is 0 Å².